The minimum absolute atomic E-state index is 0.374. The Balaban J connectivity index is 2.15. The van der Waals surface area contributed by atoms with Gasteiger partial charge < -0.3 is 0 Å². The number of furan rings is 2. The maximum atomic E-state index is 6.06. The van der Waals surface area contributed by atoms with Crippen molar-refractivity contribution in [3.8, 4) is 0 Å². The van der Waals surface area contributed by atoms with Crippen LogP contribution in [0.1, 0.15) is 17.7 Å². The molecule has 18 heavy (non-hydrogen) atoms. The predicted octanol–water partition coefficient (Wildman–Crippen LogP) is 3.84. The van der Waals surface area contributed by atoms with E-state index < -0.39 is 18.8 Å². The molecule has 2 heterocycles. The standard InChI is InChI=1S/C10H8NO3.3CH3.Sn/c12-10(9-4-2-6-14-9)11-7-8-3-1-5-13-8;;;;/h1-7,10H;3*1H3;/q-1;;;;+1/b11-7+;;;;. The first-order valence-corrected chi connectivity index (χ1v) is 15.6. The van der Waals surface area contributed by atoms with Crippen LogP contribution in [0.2, 0.25) is 14.8 Å². The Labute approximate surface area is 111 Å². The van der Waals surface area contributed by atoms with Crippen LogP contribution in [0.15, 0.2) is 50.6 Å². The van der Waals surface area contributed by atoms with Gasteiger partial charge in [0, 0.05) is 0 Å². The van der Waals surface area contributed by atoms with E-state index in [1.165, 1.54) is 0 Å². The molecule has 0 saturated heterocycles. The first-order valence-electron chi connectivity index (χ1n) is 5.82. The van der Waals surface area contributed by atoms with Crippen molar-refractivity contribution in [2.75, 3.05) is 0 Å². The summed E-state index contributed by atoms with van der Waals surface area (Å²) in [5.74, 6) is 1.43. The minimum atomic E-state index is -2.42. The quantitative estimate of drug-likeness (QED) is 0.606. The van der Waals surface area contributed by atoms with Crippen molar-refractivity contribution in [1.29, 1.82) is 0 Å². The Bertz CT molecular complexity index is 483. The van der Waals surface area contributed by atoms with Crippen molar-refractivity contribution in [1.82, 2.24) is 0 Å². The third-order valence-corrected chi connectivity index (χ3v) is 4.79. The van der Waals surface area contributed by atoms with Crippen LogP contribution in [-0.4, -0.2) is 25.0 Å². The van der Waals surface area contributed by atoms with Gasteiger partial charge in [-0.25, -0.2) is 0 Å². The van der Waals surface area contributed by atoms with Crippen molar-refractivity contribution in [2.45, 2.75) is 21.0 Å². The fourth-order valence-corrected chi connectivity index (χ4v) is 3.85. The summed E-state index contributed by atoms with van der Waals surface area (Å²) in [5, 5.41) is 0. The van der Waals surface area contributed by atoms with E-state index in [4.69, 9.17) is 11.9 Å². The predicted molar refractivity (Wildman–Crippen MR) is 72.2 cm³/mol. The van der Waals surface area contributed by atoms with Gasteiger partial charge in [0.25, 0.3) is 0 Å². The van der Waals surface area contributed by atoms with E-state index in [-0.39, 0.29) is 6.23 Å². The van der Waals surface area contributed by atoms with E-state index >= 15 is 0 Å². The van der Waals surface area contributed by atoms with Crippen molar-refractivity contribution < 1.29 is 11.9 Å². The van der Waals surface area contributed by atoms with E-state index in [0.717, 1.165) is 5.76 Å². The third kappa shape index (κ3) is 4.03. The van der Waals surface area contributed by atoms with E-state index in [1.54, 1.807) is 18.7 Å². The molecule has 0 amide bonds. The normalized spacial score (nSPS) is 14.2. The van der Waals surface area contributed by atoms with Crippen LogP contribution < -0.4 is 0 Å². The van der Waals surface area contributed by atoms with E-state index in [0.29, 0.717) is 5.76 Å². The van der Waals surface area contributed by atoms with Crippen LogP contribution in [-0.2, 0) is 3.07 Å². The zero-order valence-electron chi connectivity index (χ0n) is 10.8. The molecule has 96 valence electrons. The SMILES string of the molecule is [CH3][Sn]([CH3])([CH3])[O]C(/N=C/c1ccco1)c1ccco1. The second-order valence-electron chi connectivity index (χ2n) is 4.89. The summed E-state index contributed by atoms with van der Waals surface area (Å²) < 4.78 is 16.6. The molecule has 0 saturated carbocycles. The Morgan fingerprint density at radius 1 is 1.17 bits per heavy atom. The van der Waals surface area contributed by atoms with Gasteiger partial charge in [-0.3, -0.25) is 0 Å². The summed E-state index contributed by atoms with van der Waals surface area (Å²) >= 11 is -2.42. The van der Waals surface area contributed by atoms with Crippen molar-refractivity contribution in [3.63, 3.8) is 0 Å². The van der Waals surface area contributed by atoms with Gasteiger partial charge in [0.15, 0.2) is 0 Å². The molecular formula is C13H17NO3Sn. The molecule has 2 rings (SSSR count). The molecule has 0 fully saturated rings. The molecule has 0 N–H and O–H groups in total. The molecule has 1 atom stereocenters. The fourth-order valence-electron chi connectivity index (χ4n) is 1.43. The van der Waals surface area contributed by atoms with Gasteiger partial charge in [-0.15, -0.1) is 0 Å². The summed E-state index contributed by atoms with van der Waals surface area (Å²) in [6.07, 6.45) is 4.55. The van der Waals surface area contributed by atoms with Crippen LogP contribution in [0, 0.1) is 0 Å². The van der Waals surface area contributed by atoms with Gasteiger partial charge in [-0.05, 0) is 0 Å². The summed E-state index contributed by atoms with van der Waals surface area (Å²) in [6, 6.07) is 7.39. The molecule has 0 aromatic carbocycles. The Morgan fingerprint density at radius 3 is 2.44 bits per heavy atom. The van der Waals surface area contributed by atoms with E-state index in [9.17, 15) is 0 Å². The molecule has 4 nitrogen and oxygen atoms in total. The van der Waals surface area contributed by atoms with E-state index in [2.05, 4.69) is 19.8 Å². The third-order valence-electron chi connectivity index (χ3n) is 2.13. The summed E-state index contributed by atoms with van der Waals surface area (Å²) in [5.41, 5.74) is 0. The van der Waals surface area contributed by atoms with Gasteiger partial charge in [0.05, 0.1) is 0 Å². The molecular weight excluding hydrogens is 337 g/mol. The molecule has 2 aromatic heterocycles. The van der Waals surface area contributed by atoms with E-state index in [1.807, 2.05) is 24.3 Å². The summed E-state index contributed by atoms with van der Waals surface area (Å²) in [4.78, 5) is 11.0. The van der Waals surface area contributed by atoms with Crippen LogP contribution in [0.3, 0.4) is 0 Å². The molecule has 0 aliphatic heterocycles. The molecule has 0 aliphatic rings. The van der Waals surface area contributed by atoms with Crippen LogP contribution in [0.4, 0.5) is 0 Å². The Morgan fingerprint density at radius 2 is 1.89 bits per heavy atom. The number of aliphatic imine (C=N–C) groups is 1. The van der Waals surface area contributed by atoms with Crippen molar-refractivity contribution >= 4 is 25.0 Å². The number of hydrogen-bond donors (Lipinski definition) is 0. The van der Waals surface area contributed by atoms with Gasteiger partial charge >= 0.3 is 111 Å². The maximum absolute atomic E-state index is 6.06. The molecule has 0 bridgehead atoms. The first-order chi connectivity index (χ1) is 8.54. The zero-order chi connectivity index (χ0) is 13.0. The van der Waals surface area contributed by atoms with Crippen molar-refractivity contribution in [3.05, 3.63) is 48.3 Å². The number of rotatable bonds is 5. The zero-order valence-corrected chi connectivity index (χ0v) is 13.6. The van der Waals surface area contributed by atoms with Gasteiger partial charge in [0.1, 0.15) is 0 Å². The number of hydrogen-bond acceptors (Lipinski definition) is 4. The molecule has 5 heteroatoms. The Hall–Kier alpha value is -1.01. The average Bonchev–Trinajstić information content (AvgIpc) is 2.95. The van der Waals surface area contributed by atoms with Gasteiger partial charge in [-0.2, -0.15) is 0 Å². The van der Waals surface area contributed by atoms with Crippen LogP contribution in [0.25, 0.3) is 0 Å². The molecule has 0 aliphatic carbocycles. The molecule has 2 aromatic rings. The fraction of sp³-hybridized carbons (Fsp3) is 0.308. The molecule has 1 unspecified atom stereocenters. The van der Waals surface area contributed by atoms with Crippen LogP contribution >= 0.6 is 0 Å². The second-order valence-corrected chi connectivity index (χ2v) is 17.6. The monoisotopic (exact) mass is 355 g/mol. The average molecular weight is 354 g/mol. The topological polar surface area (TPSA) is 47.9 Å². The molecule has 0 spiro atoms. The number of nitrogens with zero attached hydrogens (tertiary/aromatic N) is 1. The second kappa shape index (κ2) is 5.75. The van der Waals surface area contributed by atoms with Crippen LogP contribution in [0.5, 0.6) is 0 Å². The van der Waals surface area contributed by atoms with Gasteiger partial charge in [0.2, 0.25) is 0 Å². The van der Waals surface area contributed by atoms with Gasteiger partial charge in [-0.1, -0.05) is 0 Å². The summed E-state index contributed by atoms with van der Waals surface area (Å²) in [6.45, 7) is 0. The van der Waals surface area contributed by atoms with Crippen molar-refractivity contribution in [2.24, 2.45) is 4.99 Å². The first kappa shape index (κ1) is 13.4. The Kier molecular flexibility index (Phi) is 4.29. The summed E-state index contributed by atoms with van der Waals surface area (Å²) in [7, 11) is 0. The molecule has 0 radical (unpaired) electrons.